The Labute approximate surface area is 218 Å². The van der Waals surface area contributed by atoms with Gasteiger partial charge in [0.05, 0.1) is 28.6 Å². The highest BCUT2D eigenvalue weighted by molar-refractivity contribution is 5.98. The molecule has 1 amide bonds. The van der Waals surface area contributed by atoms with Gasteiger partial charge in [-0.2, -0.15) is 5.10 Å². The lowest BCUT2D eigenvalue weighted by molar-refractivity contribution is -0.117. The minimum atomic E-state index is -0.0939. The maximum Gasteiger partial charge on any atom is 0.224 e. The summed E-state index contributed by atoms with van der Waals surface area (Å²) in [5.74, 6) is 0.608. The van der Waals surface area contributed by atoms with Crippen LogP contribution in [-0.2, 0) is 4.79 Å². The highest BCUT2D eigenvalue weighted by Crippen LogP contribution is 2.32. The van der Waals surface area contributed by atoms with Crippen LogP contribution in [0.4, 0.5) is 5.69 Å². The Morgan fingerprint density at radius 1 is 0.895 bits per heavy atom. The molecule has 0 unspecified atom stereocenters. The van der Waals surface area contributed by atoms with E-state index in [1.54, 1.807) is 31.0 Å². The van der Waals surface area contributed by atoms with Gasteiger partial charge in [-0.15, -0.1) is 0 Å². The number of carbonyl (C=O) groups excluding carboxylic acids is 1. The quantitative estimate of drug-likeness (QED) is 0.265. The maximum atomic E-state index is 12.4. The van der Waals surface area contributed by atoms with E-state index in [9.17, 15) is 4.79 Å². The SMILES string of the molecule is CC(C)(C)CC(=O)Nc1cncc(-c2ccc3[nH]nc(-c4nc5c(-c6cccnc6)nccc5[nH]4)c3c2)c1. The first-order valence-corrected chi connectivity index (χ1v) is 12.3. The first kappa shape index (κ1) is 23.5. The number of fused-ring (bicyclic) bond motifs is 2. The van der Waals surface area contributed by atoms with Gasteiger partial charge in [0.1, 0.15) is 11.2 Å². The Kier molecular flexibility index (Phi) is 5.68. The molecule has 9 nitrogen and oxygen atoms in total. The van der Waals surface area contributed by atoms with Gasteiger partial charge in [0.2, 0.25) is 5.91 Å². The Balaban J connectivity index is 1.36. The number of hydrogen-bond acceptors (Lipinski definition) is 6. The molecular weight excluding hydrogens is 476 g/mol. The predicted octanol–water partition coefficient (Wildman–Crippen LogP) is 6.00. The maximum absolute atomic E-state index is 12.4. The van der Waals surface area contributed by atoms with Gasteiger partial charge in [-0.25, -0.2) is 4.98 Å². The van der Waals surface area contributed by atoms with E-state index >= 15 is 0 Å². The lowest BCUT2D eigenvalue weighted by atomic mass is 9.92. The largest absolute Gasteiger partial charge is 0.336 e. The molecule has 0 aliphatic heterocycles. The molecule has 0 bridgehead atoms. The summed E-state index contributed by atoms with van der Waals surface area (Å²) in [6.07, 6.45) is 9.14. The number of pyridine rings is 3. The molecule has 0 aliphatic carbocycles. The van der Waals surface area contributed by atoms with Crippen molar-refractivity contribution in [3.8, 4) is 33.9 Å². The number of hydrogen-bond donors (Lipinski definition) is 3. The van der Waals surface area contributed by atoms with Crippen LogP contribution in [0.3, 0.4) is 0 Å². The molecule has 5 heterocycles. The van der Waals surface area contributed by atoms with Crippen LogP contribution in [-0.4, -0.2) is 41.0 Å². The number of rotatable bonds is 5. The summed E-state index contributed by atoms with van der Waals surface area (Å²) in [6, 6.07) is 13.7. The van der Waals surface area contributed by atoms with E-state index in [0.29, 0.717) is 23.6 Å². The molecule has 188 valence electrons. The summed E-state index contributed by atoms with van der Waals surface area (Å²) < 4.78 is 0. The molecule has 5 aromatic heterocycles. The van der Waals surface area contributed by atoms with Crippen molar-refractivity contribution in [1.82, 2.24) is 35.1 Å². The number of benzene rings is 1. The molecular formula is C29H26N8O. The number of carbonyl (C=O) groups is 1. The Morgan fingerprint density at radius 2 is 1.76 bits per heavy atom. The van der Waals surface area contributed by atoms with Gasteiger partial charge in [-0.3, -0.25) is 24.8 Å². The van der Waals surface area contributed by atoms with E-state index in [0.717, 1.165) is 44.3 Å². The number of aromatic nitrogens is 7. The summed E-state index contributed by atoms with van der Waals surface area (Å²) in [6.45, 7) is 6.12. The van der Waals surface area contributed by atoms with E-state index in [1.165, 1.54) is 0 Å². The standard InChI is InChI=1S/C29H26N8O/c1-29(2,3)13-24(38)33-20-11-19(15-31-16-20)17-6-7-22-21(12-17)26(37-36-22)28-34-23-8-10-32-25(27(23)35-28)18-5-4-9-30-14-18/h4-12,14-16H,13H2,1-3H3,(H,33,38)(H,34,35)(H,36,37). The van der Waals surface area contributed by atoms with Crippen LogP contribution in [0.5, 0.6) is 0 Å². The van der Waals surface area contributed by atoms with Gasteiger partial charge in [0.15, 0.2) is 5.82 Å². The first-order valence-electron chi connectivity index (χ1n) is 12.3. The number of anilines is 1. The highest BCUT2D eigenvalue weighted by Gasteiger charge is 2.18. The second-order valence-corrected chi connectivity index (χ2v) is 10.5. The van der Waals surface area contributed by atoms with Crippen molar-refractivity contribution in [2.24, 2.45) is 5.41 Å². The van der Waals surface area contributed by atoms with Crippen LogP contribution in [0.2, 0.25) is 0 Å². The summed E-state index contributed by atoms with van der Waals surface area (Å²) in [7, 11) is 0. The minimum Gasteiger partial charge on any atom is -0.336 e. The summed E-state index contributed by atoms with van der Waals surface area (Å²) >= 11 is 0. The zero-order chi connectivity index (χ0) is 26.3. The Bertz CT molecular complexity index is 1780. The zero-order valence-electron chi connectivity index (χ0n) is 21.3. The van der Waals surface area contributed by atoms with Gasteiger partial charge in [-0.1, -0.05) is 26.8 Å². The molecule has 0 saturated heterocycles. The molecule has 0 atom stereocenters. The molecule has 3 N–H and O–H groups in total. The van der Waals surface area contributed by atoms with Crippen molar-refractivity contribution in [2.45, 2.75) is 27.2 Å². The third kappa shape index (κ3) is 4.61. The molecule has 0 spiro atoms. The Morgan fingerprint density at radius 3 is 2.58 bits per heavy atom. The second kappa shape index (κ2) is 9.19. The average Bonchev–Trinajstić information content (AvgIpc) is 3.51. The Hall–Kier alpha value is -4.92. The number of aromatic amines is 2. The first-order chi connectivity index (χ1) is 18.3. The molecule has 6 aromatic rings. The third-order valence-electron chi connectivity index (χ3n) is 6.17. The fourth-order valence-electron chi connectivity index (χ4n) is 4.49. The molecule has 6 rings (SSSR count). The molecule has 1 aromatic carbocycles. The fraction of sp³-hybridized carbons (Fsp3) is 0.172. The smallest absolute Gasteiger partial charge is 0.224 e. The highest BCUT2D eigenvalue weighted by atomic mass is 16.1. The van der Waals surface area contributed by atoms with E-state index in [1.807, 2.05) is 57.2 Å². The molecule has 0 saturated carbocycles. The lowest BCUT2D eigenvalue weighted by Crippen LogP contribution is -2.19. The number of H-pyrrole nitrogens is 2. The van der Waals surface area contributed by atoms with Crippen molar-refractivity contribution in [3.05, 3.63) is 73.4 Å². The van der Waals surface area contributed by atoms with E-state index in [2.05, 4.69) is 41.5 Å². The van der Waals surface area contributed by atoms with Gasteiger partial charge in [0, 0.05) is 47.7 Å². The molecule has 9 heteroatoms. The second-order valence-electron chi connectivity index (χ2n) is 10.5. The lowest BCUT2D eigenvalue weighted by Gasteiger charge is -2.17. The molecule has 0 aliphatic rings. The zero-order valence-corrected chi connectivity index (χ0v) is 21.3. The average molecular weight is 503 g/mol. The van der Waals surface area contributed by atoms with Crippen LogP contribution < -0.4 is 5.32 Å². The molecule has 38 heavy (non-hydrogen) atoms. The minimum absolute atomic E-state index is 0.0333. The predicted molar refractivity (Wildman–Crippen MR) is 148 cm³/mol. The monoisotopic (exact) mass is 502 g/mol. The number of nitrogens with zero attached hydrogens (tertiary/aromatic N) is 5. The van der Waals surface area contributed by atoms with E-state index in [-0.39, 0.29) is 11.3 Å². The van der Waals surface area contributed by atoms with Crippen molar-refractivity contribution in [3.63, 3.8) is 0 Å². The fourth-order valence-corrected chi connectivity index (χ4v) is 4.49. The summed E-state index contributed by atoms with van der Waals surface area (Å²) in [5.41, 5.74) is 7.28. The summed E-state index contributed by atoms with van der Waals surface area (Å²) in [5, 5.41) is 11.6. The topological polar surface area (TPSA) is 125 Å². The molecule has 0 fully saturated rings. The van der Waals surface area contributed by atoms with Gasteiger partial charge < -0.3 is 10.3 Å². The van der Waals surface area contributed by atoms with E-state index < -0.39 is 0 Å². The van der Waals surface area contributed by atoms with Crippen LogP contribution in [0.1, 0.15) is 27.2 Å². The van der Waals surface area contributed by atoms with Crippen molar-refractivity contribution >= 4 is 33.5 Å². The number of amides is 1. The van der Waals surface area contributed by atoms with Crippen molar-refractivity contribution in [2.75, 3.05) is 5.32 Å². The van der Waals surface area contributed by atoms with Crippen molar-refractivity contribution < 1.29 is 4.79 Å². The van der Waals surface area contributed by atoms with Crippen LogP contribution >= 0.6 is 0 Å². The normalized spacial score (nSPS) is 11.8. The van der Waals surface area contributed by atoms with Gasteiger partial charge in [-0.05, 0) is 47.4 Å². The van der Waals surface area contributed by atoms with Crippen LogP contribution in [0, 0.1) is 5.41 Å². The number of imidazole rings is 1. The third-order valence-corrected chi connectivity index (χ3v) is 6.17. The summed E-state index contributed by atoms with van der Waals surface area (Å²) in [4.78, 5) is 33.8. The number of nitrogens with one attached hydrogen (secondary N) is 3. The van der Waals surface area contributed by atoms with Crippen LogP contribution in [0.15, 0.2) is 73.4 Å². The van der Waals surface area contributed by atoms with Gasteiger partial charge >= 0.3 is 0 Å². The van der Waals surface area contributed by atoms with Gasteiger partial charge in [0.25, 0.3) is 0 Å². The van der Waals surface area contributed by atoms with E-state index in [4.69, 9.17) is 4.98 Å². The van der Waals surface area contributed by atoms with Crippen molar-refractivity contribution in [1.29, 1.82) is 0 Å². The van der Waals surface area contributed by atoms with Crippen LogP contribution in [0.25, 0.3) is 55.8 Å². The molecule has 0 radical (unpaired) electrons.